The highest BCUT2D eigenvalue weighted by Crippen LogP contribution is 2.16. The quantitative estimate of drug-likeness (QED) is 0.292. The maximum Gasteiger partial charge on any atom is 0.332 e. The van der Waals surface area contributed by atoms with Gasteiger partial charge in [0.15, 0.2) is 11.2 Å². The van der Waals surface area contributed by atoms with Gasteiger partial charge in [-0.3, -0.25) is 33.3 Å². The molecule has 4 heterocycles. The van der Waals surface area contributed by atoms with Crippen molar-refractivity contribution in [1.29, 1.82) is 5.26 Å². The predicted octanol–water partition coefficient (Wildman–Crippen LogP) is -1.45. The minimum atomic E-state index is -0.562. The Morgan fingerprint density at radius 3 is 2.67 bits per heavy atom. The van der Waals surface area contributed by atoms with Crippen LogP contribution in [-0.4, -0.2) is 34.0 Å². The third-order valence-corrected chi connectivity index (χ3v) is 6.05. The number of rotatable bonds is 4. The first-order chi connectivity index (χ1) is 17.2. The summed E-state index contributed by atoms with van der Waals surface area (Å²) in [5.74, 6) is -0.531. The number of pyridine rings is 1. The molecular formula is C23H19N9O4. The highest BCUT2D eigenvalue weighted by Gasteiger charge is 2.17. The van der Waals surface area contributed by atoms with Gasteiger partial charge in [0.1, 0.15) is 24.0 Å². The van der Waals surface area contributed by atoms with Crippen molar-refractivity contribution < 1.29 is 4.79 Å². The number of nitriles is 1. The summed E-state index contributed by atoms with van der Waals surface area (Å²) in [6, 6.07) is 9.26. The summed E-state index contributed by atoms with van der Waals surface area (Å²) in [4.78, 5) is 58.6. The number of para-hydroxylation sites is 2. The number of hydrogen-bond donors (Lipinski definition) is 2. The van der Waals surface area contributed by atoms with Gasteiger partial charge in [0.2, 0.25) is 5.43 Å². The normalized spacial score (nSPS) is 11.9. The number of carbonyl (C=O) groups is 1. The summed E-state index contributed by atoms with van der Waals surface area (Å²) >= 11 is 0. The summed E-state index contributed by atoms with van der Waals surface area (Å²) in [6.07, 6.45) is 2.60. The number of nitrogens with zero attached hydrogens (tertiary/aromatic N) is 7. The lowest BCUT2D eigenvalue weighted by atomic mass is 10.1. The van der Waals surface area contributed by atoms with Crippen LogP contribution < -0.4 is 32.7 Å². The van der Waals surface area contributed by atoms with Gasteiger partial charge in [0, 0.05) is 25.5 Å². The van der Waals surface area contributed by atoms with E-state index in [4.69, 9.17) is 0 Å². The smallest absolute Gasteiger partial charge is 0.307 e. The molecule has 0 unspecified atom stereocenters. The number of nitrogens with one attached hydrogen (secondary N) is 2. The van der Waals surface area contributed by atoms with Gasteiger partial charge in [-0.25, -0.2) is 14.8 Å². The van der Waals surface area contributed by atoms with Gasteiger partial charge < -0.3 is 9.99 Å². The van der Waals surface area contributed by atoms with Gasteiger partial charge in [-0.2, -0.15) is 5.26 Å². The fourth-order valence-corrected chi connectivity index (χ4v) is 4.24. The van der Waals surface area contributed by atoms with Crippen molar-refractivity contribution in [1.82, 2.24) is 38.9 Å². The lowest BCUT2D eigenvalue weighted by molar-refractivity contribution is -0.122. The first-order valence-electron chi connectivity index (χ1n) is 10.7. The van der Waals surface area contributed by atoms with E-state index in [9.17, 15) is 24.4 Å². The van der Waals surface area contributed by atoms with E-state index in [0.717, 1.165) is 4.57 Å². The number of fused-ring (bicyclic) bond motifs is 4. The average Bonchev–Trinajstić information content (AvgIpc) is 3.46. The molecule has 0 aliphatic rings. The third-order valence-electron chi connectivity index (χ3n) is 6.05. The number of imidazole rings is 2. The maximum absolute atomic E-state index is 13.1. The number of amides is 1. The fourth-order valence-electron chi connectivity index (χ4n) is 4.24. The minimum Gasteiger partial charge on any atom is -0.307 e. The fraction of sp³-hybridized carbons (Fsp3) is 0.174. The van der Waals surface area contributed by atoms with Gasteiger partial charge in [-0.05, 0) is 24.6 Å². The van der Waals surface area contributed by atoms with Gasteiger partial charge in [-0.15, -0.1) is 0 Å². The second-order valence-corrected chi connectivity index (χ2v) is 8.18. The average molecular weight is 485 g/mol. The Balaban J connectivity index is 1.47. The minimum absolute atomic E-state index is 0.0583. The predicted molar refractivity (Wildman–Crippen MR) is 130 cm³/mol. The topological polar surface area (TPSA) is 161 Å². The lowest BCUT2D eigenvalue weighted by Crippen LogP contribution is -2.41. The van der Waals surface area contributed by atoms with Crippen LogP contribution in [0.5, 0.6) is 0 Å². The Morgan fingerprint density at radius 1 is 1.17 bits per heavy atom. The van der Waals surface area contributed by atoms with Crippen LogP contribution in [0.15, 0.2) is 45.0 Å². The summed E-state index contributed by atoms with van der Waals surface area (Å²) < 4.78 is 5.07. The van der Waals surface area contributed by atoms with Crippen molar-refractivity contribution in [2.75, 3.05) is 0 Å². The second-order valence-electron chi connectivity index (χ2n) is 8.18. The molecular weight excluding hydrogens is 466 g/mol. The van der Waals surface area contributed by atoms with Crippen LogP contribution in [-0.2, 0) is 25.4 Å². The Labute approximate surface area is 201 Å². The SMILES string of the molecule is Cc1c(C#N)n2c(nc3ccccc32)c(=O)/c1=C\NNC(=O)Cn1cnc2c(=O)n(C)c(=O)n(C)c21. The van der Waals surface area contributed by atoms with E-state index >= 15 is 0 Å². The van der Waals surface area contributed by atoms with E-state index in [0.29, 0.717) is 16.6 Å². The van der Waals surface area contributed by atoms with Crippen LogP contribution in [0.1, 0.15) is 11.3 Å². The van der Waals surface area contributed by atoms with Crippen LogP contribution in [0.2, 0.25) is 0 Å². The highest BCUT2D eigenvalue weighted by atomic mass is 16.2. The first kappa shape index (κ1) is 22.5. The third kappa shape index (κ3) is 3.23. The second kappa shape index (κ2) is 8.20. The standard InChI is InChI=1S/C23H19N9O4/c1-12-13(19(34)20-27-14-6-4-5-7-15(14)32(20)16(12)8-24)9-26-28-17(33)10-31-11-25-18-21(31)29(2)23(36)30(3)22(18)35/h4-7,9,11,26H,10H2,1-3H3,(H,28,33)/b13-9-. The number of aromatic nitrogens is 6. The molecule has 36 heavy (non-hydrogen) atoms. The molecule has 0 spiro atoms. The van der Waals surface area contributed by atoms with E-state index in [-0.39, 0.29) is 34.3 Å². The molecule has 1 amide bonds. The van der Waals surface area contributed by atoms with Crippen molar-refractivity contribution >= 4 is 40.0 Å². The van der Waals surface area contributed by atoms with Crippen molar-refractivity contribution in [3.8, 4) is 6.07 Å². The van der Waals surface area contributed by atoms with Crippen LogP contribution in [0, 0.1) is 18.3 Å². The van der Waals surface area contributed by atoms with Crippen LogP contribution in [0.3, 0.4) is 0 Å². The molecule has 0 atom stereocenters. The molecule has 0 aliphatic heterocycles. The van der Waals surface area contributed by atoms with Crippen molar-refractivity contribution in [2.24, 2.45) is 14.1 Å². The molecule has 1 aromatic carbocycles. The summed E-state index contributed by atoms with van der Waals surface area (Å²) in [7, 11) is 2.83. The van der Waals surface area contributed by atoms with Gasteiger partial charge >= 0.3 is 5.69 Å². The molecule has 5 aromatic rings. The van der Waals surface area contributed by atoms with Crippen molar-refractivity contribution in [3.63, 3.8) is 0 Å². The molecule has 4 aromatic heterocycles. The van der Waals surface area contributed by atoms with Gasteiger partial charge in [-0.1, -0.05) is 12.1 Å². The number of carbonyl (C=O) groups excluding carboxylic acids is 1. The van der Waals surface area contributed by atoms with Crippen molar-refractivity contribution in [3.05, 3.63) is 78.1 Å². The number of benzene rings is 1. The molecule has 2 N–H and O–H groups in total. The maximum atomic E-state index is 13.1. The Kier molecular flexibility index (Phi) is 5.14. The molecule has 5 rings (SSSR count). The van der Waals surface area contributed by atoms with Gasteiger partial charge in [0.25, 0.3) is 11.5 Å². The number of aryl methyl sites for hydroxylation is 1. The highest BCUT2D eigenvalue weighted by molar-refractivity contribution is 5.82. The Hall–Kier alpha value is -5.25. The molecule has 13 nitrogen and oxygen atoms in total. The van der Waals surface area contributed by atoms with E-state index < -0.39 is 22.6 Å². The summed E-state index contributed by atoms with van der Waals surface area (Å²) in [5.41, 5.74) is 5.81. The molecule has 0 saturated carbocycles. The zero-order valence-corrected chi connectivity index (χ0v) is 19.4. The molecule has 13 heteroatoms. The molecule has 0 aliphatic carbocycles. The molecule has 0 saturated heterocycles. The monoisotopic (exact) mass is 485 g/mol. The molecule has 180 valence electrons. The number of hydrogen-bond acceptors (Lipinski definition) is 8. The Morgan fingerprint density at radius 2 is 1.92 bits per heavy atom. The van der Waals surface area contributed by atoms with Crippen LogP contribution in [0.4, 0.5) is 0 Å². The largest absolute Gasteiger partial charge is 0.332 e. The first-order valence-corrected chi connectivity index (χ1v) is 10.7. The summed E-state index contributed by atoms with van der Waals surface area (Å²) in [5, 5.41) is 9.95. The molecule has 0 fully saturated rings. The van der Waals surface area contributed by atoms with E-state index in [1.807, 2.05) is 0 Å². The number of hydrazine groups is 1. The van der Waals surface area contributed by atoms with E-state index in [1.54, 1.807) is 31.2 Å². The Bertz CT molecular complexity index is 2000. The zero-order valence-electron chi connectivity index (χ0n) is 19.4. The van der Waals surface area contributed by atoms with Gasteiger partial charge in [0.05, 0.1) is 17.4 Å². The summed E-state index contributed by atoms with van der Waals surface area (Å²) in [6.45, 7) is 1.39. The van der Waals surface area contributed by atoms with Crippen LogP contribution >= 0.6 is 0 Å². The van der Waals surface area contributed by atoms with E-state index in [2.05, 4.69) is 26.9 Å². The van der Waals surface area contributed by atoms with Crippen molar-refractivity contribution in [2.45, 2.75) is 13.5 Å². The van der Waals surface area contributed by atoms with E-state index in [1.165, 1.54) is 40.2 Å². The zero-order chi connectivity index (χ0) is 25.7. The van der Waals surface area contributed by atoms with Crippen LogP contribution in [0.25, 0.3) is 34.0 Å². The molecule has 0 radical (unpaired) electrons. The molecule has 0 bridgehead atoms. The lowest BCUT2D eigenvalue weighted by Gasteiger charge is -2.09.